The van der Waals surface area contributed by atoms with E-state index in [1.165, 1.54) is 35.8 Å². The zero-order valence-corrected chi connectivity index (χ0v) is 19.0. The van der Waals surface area contributed by atoms with Crippen molar-refractivity contribution in [1.29, 1.82) is 0 Å². The number of fused-ring (bicyclic) bond motifs is 2. The van der Waals surface area contributed by atoms with Gasteiger partial charge < -0.3 is 4.42 Å². The van der Waals surface area contributed by atoms with E-state index in [1.54, 1.807) is 4.57 Å². The average molecular weight is 481 g/mol. The molecule has 35 heavy (non-hydrogen) atoms. The van der Waals surface area contributed by atoms with Gasteiger partial charge in [-0.25, -0.2) is 9.38 Å². The summed E-state index contributed by atoms with van der Waals surface area (Å²) in [7, 11) is 0. The predicted octanol–water partition coefficient (Wildman–Crippen LogP) is 4.25. The van der Waals surface area contributed by atoms with Crippen molar-refractivity contribution >= 4 is 34.1 Å². The van der Waals surface area contributed by atoms with Crippen LogP contribution < -0.4 is 20.3 Å². The maximum Gasteiger partial charge on any atom is 0.271 e. The number of nitrogens with zero attached hydrogens (tertiary/aromatic N) is 2. The Balaban J connectivity index is 1.58. The van der Waals surface area contributed by atoms with Crippen LogP contribution in [0.25, 0.3) is 22.7 Å². The Kier molecular flexibility index (Phi) is 5.12. The van der Waals surface area contributed by atoms with E-state index in [9.17, 15) is 14.0 Å². The van der Waals surface area contributed by atoms with E-state index in [1.807, 2.05) is 66.7 Å². The molecule has 5 nitrogen and oxygen atoms in total. The number of rotatable bonds is 3. The first-order chi connectivity index (χ1) is 17.1. The third-order valence-electron chi connectivity index (χ3n) is 5.91. The van der Waals surface area contributed by atoms with Gasteiger partial charge in [0, 0.05) is 0 Å². The summed E-state index contributed by atoms with van der Waals surface area (Å²) in [5.74, 6) is -0.530. The number of aromatic nitrogens is 1. The van der Waals surface area contributed by atoms with Crippen molar-refractivity contribution in [3.8, 4) is 0 Å². The zero-order valence-electron chi connectivity index (χ0n) is 18.2. The van der Waals surface area contributed by atoms with Crippen LogP contribution in [0.15, 0.2) is 110 Å². The van der Waals surface area contributed by atoms with E-state index in [0.29, 0.717) is 9.33 Å². The van der Waals surface area contributed by atoms with Crippen LogP contribution in [0, 0.1) is 5.82 Å². The van der Waals surface area contributed by atoms with Crippen molar-refractivity contribution in [2.75, 3.05) is 0 Å². The molecule has 0 saturated heterocycles. The van der Waals surface area contributed by atoms with E-state index in [4.69, 9.17) is 9.41 Å². The van der Waals surface area contributed by atoms with E-state index < -0.39 is 11.2 Å². The third kappa shape index (κ3) is 3.76. The zero-order chi connectivity index (χ0) is 23.9. The van der Waals surface area contributed by atoms with Gasteiger partial charge in [-0.3, -0.25) is 14.2 Å². The van der Waals surface area contributed by atoms with Crippen molar-refractivity contribution in [3.05, 3.63) is 144 Å². The number of hydrogen-bond acceptors (Lipinski definition) is 5. The Morgan fingerprint density at radius 1 is 0.971 bits per heavy atom. The molecule has 0 N–H and O–H groups in total. The van der Waals surface area contributed by atoms with Crippen LogP contribution in [-0.4, -0.2) is 4.57 Å². The van der Waals surface area contributed by atoms with E-state index >= 15 is 0 Å². The summed E-state index contributed by atoms with van der Waals surface area (Å²) in [6, 6.07) is 22.9. The van der Waals surface area contributed by atoms with Crippen molar-refractivity contribution in [1.82, 2.24) is 4.57 Å². The fraction of sp³-hybridized carbons (Fsp3) is 0.0357. The van der Waals surface area contributed by atoms with Gasteiger partial charge in [0.25, 0.3) is 5.56 Å². The molecule has 1 aliphatic rings. The van der Waals surface area contributed by atoms with Gasteiger partial charge in [0.2, 0.25) is 0 Å². The highest BCUT2D eigenvalue weighted by Gasteiger charge is 2.22. The lowest BCUT2D eigenvalue weighted by Crippen LogP contribution is -2.36. The largest absolute Gasteiger partial charge is 0.463 e. The number of hydrogen-bond donors (Lipinski definition) is 0. The highest BCUT2D eigenvalue weighted by molar-refractivity contribution is 7.07. The van der Waals surface area contributed by atoms with Gasteiger partial charge in [-0.1, -0.05) is 72.0 Å². The van der Waals surface area contributed by atoms with Crippen LogP contribution in [0.4, 0.5) is 4.39 Å². The number of benzene rings is 3. The van der Waals surface area contributed by atoms with E-state index in [-0.39, 0.29) is 28.1 Å². The lowest BCUT2D eigenvalue weighted by Gasteiger charge is -2.19. The molecule has 5 aromatic rings. The highest BCUT2D eigenvalue weighted by atomic mass is 32.1. The van der Waals surface area contributed by atoms with Gasteiger partial charge >= 0.3 is 0 Å². The second-order valence-corrected chi connectivity index (χ2v) is 9.12. The summed E-state index contributed by atoms with van der Waals surface area (Å²) in [5.41, 5.74) is 2.46. The molecular weight excluding hydrogens is 463 g/mol. The molecule has 6 rings (SSSR count). The van der Waals surface area contributed by atoms with Gasteiger partial charge in [0.05, 0.1) is 27.2 Å². The maximum absolute atomic E-state index is 13.7. The van der Waals surface area contributed by atoms with Crippen molar-refractivity contribution < 1.29 is 8.81 Å². The van der Waals surface area contributed by atoms with Crippen molar-refractivity contribution in [2.45, 2.75) is 6.04 Å². The molecule has 3 aromatic carbocycles. The minimum absolute atomic E-state index is 0.125. The normalized spacial score (nSPS) is 15.5. The average Bonchev–Trinajstić information content (AvgIpc) is 3.21. The molecular formula is C28H17FN2O3S. The van der Waals surface area contributed by atoms with Crippen molar-refractivity contribution in [3.63, 3.8) is 0 Å². The maximum atomic E-state index is 13.7. The molecule has 170 valence electrons. The van der Waals surface area contributed by atoms with Crippen LogP contribution in [0.2, 0.25) is 0 Å². The summed E-state index contributed by atoms with van der Waals surface area (Å²) >= 11 is 1.20. The molecule has 0 bridgehead atoms. The van der Waals surface area contributed by atoms with Crippen molar-refractivity contribution in [2.24, 2.45) is 4.99 Å². The smallest absolute Gasteiger partial charge is 0.271 e. The fourth-order valence-electron chi connectivity index (χ4n) is 4.20. The summed E-state index contributed by atoms with van der Waals surface area (Å²) < 4.78 is 21.2. The number of thiazole rings is 1. The van der Waals surface area contributed by atoms with Crippen LogP contribution in [0.3, 0.4) is 0 Å². The molecule has 0 spiro atoms. The molecule has 0 fully saturated rings. The van der Waals surface area contributed by atoms with E-state index in [0.717, 1.165) is 22.9 Å². The number of halogens is 1. The lowest BCUT2D eigenvalue weighted by atomic mass is 10.0. The molecule has 0 aliphatic carbocycles. The first-order valence-corrected chi connectivity index (χ1v) is 11.8. The second kappa shape index (κ2) is 8.45. The lowest BCUT2D eigenvalue weighted by molar-refractivity contribution is 0.595. The summed E-state index contributed by atoms with van der Waals surface area (Å²) in [5, 5.41) is 0.125. The molecule has 0 saturated carbocycles. The van der Waals surface area contributed by atoms with Gasteiger partial charge in [-0.2, -0.15) is 0 Å². The topological polar surface area (TPSA) is 64.6 Å². The molecule has 1 atom stereocenters. The molecule has 2 aromatic heterocycles. The Bertz CT molecular complexity index is 1850. The Hall–Kier alpha value is -4.36. The van der Waals surface area contributed by atoms with Crippen LogP contribution in [-0.2, 0) is 0 Å². The van der Waals surface area contributed by atoms with Crippen LogP contribution in [0.1, 0.15) is 22.7 Å². The van der Waals surface area contributed by atoms with Gasteiger partial charge in [-0.15, -0.1) is 0 Å². The molecule has 1 aliphatic heterocycles. The molecule has 3 heterocycles. The SMILES string of the molecule is O=c1c(C=c2sc3n(c2=O)C(c2ccccc2)C=C(c2ccccc2)N=3)coc2ccc(F)cc12. The molecule has 1 unspecified atom stereocenters. The quantitative estimate of drug-likeness (QED) is 0.388. The fourth-order valence-corrected chi connectivity index (χ4v) is 5.21. The Morgan fingerprint density at radius 3 is 2.49 bits per heavy atom. The second-order valence-electron chi connectivity index (χ2n) is 8.11. The molecule has 0 amide bonds. The van der Waals surface area contributed by atoms with E-state index in [2.05, 4.69) is 0 Å². The standard InChI is InChI=1S/C28H17FN2O3S/c29-20-11-12-24-21(14-20)26(32)19(16-34-24)13-25-27(33)31-23(18-9-5-2-6-10-18)15-22(30-28(31)35-25)17-7-3-1-4-8-17/h1-16,23H. The third-order valence-corrected chi connectivity index (χ3v) is 6.89. The van der Waals surface area contributed by atoms with Crippen LogP contribution in [0.5, 0.6) is 0 Å². The minimum atomic E-state index is -0.530. The van der Waals surface area contributed by atoms with Gasteiger partial charge in [0.15, 0.2) is 10.2 Å². The Morgan fingerprint density at radius 2 is 1.71 bits per heavy atom. The Labute approximate surface area is 202 Å². The first-order valence-electron chi connectivity index (χ1n) is 10.9. The highest BCUT2D eigenvalue weighted by Crippen LogP contribution is 2.26. The molecule has 0 radical (unpaired) electrons. The monoisotopic (exact) mass is 480 g/mol. The first kappa shape index (κ1) is 21.2. The molecule has 7 heteroatoms. The minimum Gasteiger partial charge on any atom is -0.463 e. The summed E-state index contributed by atoms with van der Waals surface area (Å²) in [4.78, 5) is 31.8. The number of allylic oxidation sites excluding steroid dienone is 1. The van der Waals surface area contributed by atoms with Crippen LogP contribution >= 0.6 is 11.3 Å². The van der Waals surface area contributed by atoms with Gasteiger partial charge in [-0.05, 0) is 41.5 Å². The summed E-state index contributed by atoms with van der Waals surface area (Å²) in [6.45, 7) is 0. The summed E-state index contributed by atoms with van der Waals surface area (Å²) in [6.07, 6.45) is 4.77. The predicted molar refractivity (Wildman–Crippen MR) is 134 cm³/mol. The van der Waals surface area contributed by atoms with Gasteiger partial charge in [0.1, 0.15) is 17.7 Å².